The molecule has 1 aliphatic carbocycles. The van der Waals surface area contributed by atoms with Crippen LogP contribution in [0.4, 0.5) is 0 Å². The van der Waals surface area contributed by atoms with Crippen molar-refractivity contribution in [1.29, 1.82) is 0 Å². The molecule has 0 N–H and O–H groups in total. The second-order valence-electron chi connectivity index (χ2n) is 11.0. The standard InChI is InChI=1S/C29H45IO5Si/c1-8-34-28(31)26(30)14-9-10-15-27(35-36(6,7)29(2,3)4)25-13-11-12-23(25)21-33-20-22-16-18-24(32-5)19-17-22/h9-10,14,16-19,23,25,27H,8,11-13,15,20-21H2,1-7H3/b10-9+,26-14-/t23-,25+,27-/m0/s1. The molecule has 0 spiro atoms. The monoisotopic (exact) mass is 628 g/mol. The Morgan fingerprint density at radius 3 is 2.50 bits per heavy atom. The third-order valence-corrected chi connectivity index (χ3v) is 12.7. The lowest BCUT2D eigenvalue weighted by Gasteiger charge is -2.42. The fraction of sp³-hybridized carbons (Fsp3) is 0.621. The van der Waals surface area contributed by atoms with E-state index >= 15 is 0 Å². The molecule has 0 unspecified atom stereocenters. The van der Waals surface area contributed by atoms with Crippen molar-refractivity contribution < 1.29 is 23.4 Å². The summed E-state index contributed by atoms with van der Waals surface area (Å²) < 4.78 is 24.1. The van der Waals surface area contributed by atoms with Crippen LogP contribution in [-0.4, -0.2) is 40.7 Å². The Bertz CT molecular complexity index is 873. The molecular weight excluding hydrogens is 583 g/mol. The summed E-state index contributed by atoms with van der Waals surface area (Å²) in [6, 6.07) is 8.07. The Hall–Kier alpha value is -1.16. The molecule has 0 heterocycles. The van der Waals surface area contributed by atoms with E-state index in [4.69, 9.17) is 18.6 Å². The van der Waals surface area contributed by atoms with Crippen LogP contribution in [0.3, 0.4) is 0 Å². The van der Waals surface area contributed by atoms with Crippen LogP contribution in [-0.2, 0) is 25.3 Å². The van der Waals surface area contributed by atoms with Gasteiger partial charge in [0.2, 0.25) is 0 Å². The molecule has 36 heavy (non-hydrogen) atoms. The lowest BCUT2D eigenvalue weighted by molar-refractivity contribution is -0.137. The molecule has 0 amide bonds. The van der Waals surface area contributed by atoms with Gasteiger partial charge in [-0.2, -0.15) is 0 Å². The second-order valence-corrected chi connectivity index (χ2v) is 17.0. The normalized spacial score (nSPS) is 20.1. The van der Waals surface area contributed by atoms with Gasteiger partial charge in [0, 0.05) is 0 Å². The van der Waals surface area contributed by atoms with E-state index in [0.717, 1.165) is 24.3 Å². The lowest BCUT2D eigenvalue weighted by Crippen LogP contribution is -2.46. The summed E-state index contributed by atoms with van der Waals surface area (Å²) in [6.45, 7) is 15.1. The van der Waals surface area contributed by atoms with E-state index in [1.54, 1.807) is 7.11 Å². The van der Waals surface area contributed by atoms with Crippen molar-refractivity contribution in [3.63, 3.8) is 0 Å². The zero-order valence-electron chi connectivity index (χ0n) is 23.1. The summed E-state index contributed by atoms with van der Waals surface area (Å²) in [5, 5.41) is 0.146. The van der Waals surface area contributed by atoms with Gasteiger partial charge in [0.1, 0.15) is 5.75 Å². The fourth-order valence-electron chi connectivity index (χ4n) is 4.31. The highest BCUT2D eigenvalue weighted by atomic mass is 127. The molecule has 3 atom stereocenters. The maximum absolute atomic E-state index is 11.9. The van der Waals surface area contributed by atoms with Gasteiger partial charge in [-0.15, -0.1) is 0 Å². The molecule has 1 saturated carbocycles. The summed E-state index contributed by atoms with van der Waals surface area (Å²) >= 11 is 2.03. The molecule has 2 rings (SSSR count). The highest BCUT2D eigenvalue weighted by molar-refractivity contribution is 14.1. The van der Waals surface area contributed by atoms with Crippen LogP contribution in [0, 0.1) is 11.8 Å². The molecule has 0 radical (unpaired) electrons. The Kier molecular flexibility index (Phi) is 12.7. The van der Waals surface area contributed by atoms with Crippen LogP contribution in [0.25, 0.3) is 0 Å². The summed E-state index contributed by atoms with van der Waals surface area (Å²) in [5.41, 5.74) is 1.16. The predicted molar refractivity (Wildman–Crippen MR) is 158 cm³/mol. The number of halogens is 1. The summed E-state index contributed by atoms with van der Waals surface area (Å²) in [5.74, 6) is 1.54. The SMILES string of the molecule is CCOC(=O)/C(I)=C/C=C/C[C@H](O[Si](C)(C)C(C)(C)C)[C@@H]1CCC[C@H]1COCc1ccc(OC)cc1. The van der Waals surface area contributed by atoms with Crippen LogP contribution in [0.5, 0.6) is 5.75 Å². The van der Waals surface area contributed by atoms with E-state index in [1.165, 1.54) is 19.3 Å². The summed E-state index contributed by atoms with van der Waals surface area (Å²) in [7, 11) is -0.265. The molecule has 1 aromatic rings. The van der Waals surface area contributed by atoms with Crippen LogP contribution in [0.15, 0.2) is 46.1 Å². The number of rotatable bonds is 13. The van der Waals surface area contributed by atoms with Gasteiger partial charge in [-0.1, -0.05) is 51.5 Å². The van der Waals surface area contributed by atoms with Crippen molar-refractivity contribution >= 4 is 36.9 Å². The third-order valence-electron chi connectivity index (χ3n) is 7.42. The van der Waals surface area contributed by atoms with E-state index in [2.05, 4.69) is 52.1 Å². The van der Waals surface area contributed by atoms with E-state index < -0.39 is 8.32 Å². The molecule has 1 fully saturated rings. The molecule has 0 aromatic heterocycles. The van der Waals surface area contributed by atoms with Gasteiger partial charge >= 0.3 is 5.97 Å². The molecule has 0 saturated heterocycles. The Morgan fingerprint density at radius 1 is 1.19 bits per heavy atom. The maximum atomic E-state index is 11.9. The highest BCUT2D eigenvalue weighted by Crippen LogP contribution is 2.43. The Balaban J connectivity index is 2.07. The van der Waals surface area contributed by atoms with Crippen molar-refractivity contribution in [2.24, 2.45) is 11.8 Å². The van der Waals surface area contributed by atoms with Gasteiger partial charge in [0.15, 0.2) is 8.32 Å². The van der Waals surface area contributed by atoms with Gasteiger partial charge in [-0.25, -0.2) is 4.79 Å². The highest BCUT2D eigenvalue weighted by Gasteiger charge is 2.42. The molecule has 0 aliphatic heterocycles. The van der Waals surface area contributed by atoms with Crippen molar-refractivity contribution in [3.8, 4) is 5.75 Å². The molecular formula is C29H45IO5Si. The summed E-state index contributed by atoms with van der Waals surface area (Å²) in [4.78, 5) is 11.9. The number of carbonyl (C=O) groups excluding carboxylic acids is 1. The number of ether oxygens (including phenoxy) is 3. The largest absolute Gasteiger partial charge is 0.497 e. The quantitative estimate of drug-likeness (QED) is 0.0733. The first-order valence-corrected chi connectivity index (χ1v) is 17.0. The van der Waals surface area contributed by atoms with Crippen molar-refractivity contribution in [1.82, 2.24) is 0 Å². The van der Waals surface area contributed by atoms with Crippen molar-refractivity contribution in [2.45, 2.75) is 84.2 Å². The topological polar surface area (TPSA) is 54.0 Å². The van der Waals surface area contributed by atoms with Gasteiger partial charge < -0.3 is 18.6 Å². The zero-order valence-corrected chi connectivity index (χ0v) is 26.3. The zero-order chi connectivity index (χ0) is 26.8. The van der Waals surface area contributed by atoms with E-state index in [9.17, 15) is 4.79 Å². The average Bonchev–Trinajstić information content (AvgIpc) is 3.29. The number of allylic oxidation sites excluding steroid dienone is 2. The van der Waals surface area contributed by atoms with E-state index in [-0.39, 0.29) is 17.1 Å². The number of benzene rings is 1. The van der Waals surface area contributed by atoms with Gasteiger partial charge in [-0.05, 0) is 103 Å². The van der Waals surface area contributed by atoms with E-state index in [0.29, 0.717) is 28.6 Å². The number of esters is 1. The van der Waals surface area contributed by atoms with Crippen LogP contribution in [0.2, 0.25) is 18.1 Å². The minimum atomic E-state index is -1.95. The first kappa shape index (κ1) is 31.1. The Labute approximate surface area is 233 Å². The van der Waals surface area contributed by atoms with Crippen LogP contribution < -0.4 is 4.74 Å². The minimum Gasteiger partial charge on any atom is -0.497 e. The third kappa shape index (κ3) is 9.61. The molecule has 5 nitrogen and oxygen atoms in total. The Morgan fingerprint density at radius 2 is 1.89 bits per heavy atom. The molecule has 202 valence electrons. The van der Waals surface area contributed by atoms with Gasteiger partial charge in [0.25, 0.3) is 0 Å². The van der Waals surface area contributed by atoms with Crippen molar-refractivity contribution in [3.05, 3.63) is 51.6 Å². The maximum Gasteiger partial charge on any atom is 0.344 e. The number of hydrogen-bond acceptors (Lipinski definition) is 5. The lowest BCUT2D eigenvalue weighted by atomic mass is 9.89. The number of methoxy groups -OCH3 is 1. The predicted octanol–water partition coefficient (Wildman–Crippen LogP) is 7.85. The van der Waals surface area contributed by atoms with Crippen molar-refractivity contribution in [2.75, 3.05) is 20.3 Å². The molecule has 0 bridgehead atoms. The molecule has 1 aliphatic rings. The number of hydrogen-bond donors (Lipinski definition) is 0. The fourth-order valence-corrected chi connectivity index (χ4v) is 6.06. The minimum absolute atomic E-state index is 0.146. The first-order chi connectivity index (χ1) is 17.0. The second kappa shape index (κ2) is 14.7. The van der Waals surface area contributed by atoms with E-state index in [1.807, 2.05) is 53.8 Å². The van der Waals surface area contributed by atoms with Gasteiger partial charge in [-0.3, -0.25) is 0 Å². The molecule has 1 aromatic carbocycles. The first-order valence-electron chi connectivity index (χ1n) is 13.1. The number of carbonyl (C=O) groups is 1. The smallest absolute Gasteiger partial charge is 0.344 e. The molecule has 7 heteroatoms. The average molecular weight is 629 g/mol. The summed E-state index contributed by atoms with van der Waals surface area (Å²) in [6.07, 6.45) is 10.5. The van der Waals surface area contributed by atoms with Crippen LogP contribution in [0.1, 0.15) is 58.9 Å². The van der Waals surface area contributed by atoms with Gasteiger partial charge in [0.05, 0.1) is 36.6 Å². The van der Waals surface area contributed by atoms with Crippen LogP contribution >= 0.6 is 22.6 Å².